The Kier molecular flexibility index (Phi) is 3.72. The minimum Gasteiger partial charge on any atom is -0.349 e. The van der Waals surface area contributed by atoms with Crippen LogP contribution in [0, 0.1) is 11.8 Å². The van der Waals surface area contributed by atoms with Crippen molar-refractivity contribution in [3.63, 3.8) is 0 Å². The third kappa shape index (κ3) is 2.56. The van der Waals surface area contributed by atoms with Gasteiger partial charge < -0.3 is 5.32 Å². The van der Waals surface area contributed by atoms with E-state index in [1.807, 2.05) is 13.8 Å². The molecule has 4 heteroatoms. The number of amides is 1. The average molecular weight is 273 g/mol. The highest BCUT2D eigenvalue weighted by Gasteiger charge is 2.39. The van der Waals surface area contributed by atoms with Crippen molar-refractivity contribution in [3.8, 4) is 0 Å². The van der Waals surface area contributed by atoms with Gasteiger partial charge in [0.2, 0.25) is 0 Å². The lowest BCUT2D eigenvalue weighted by molar-refractivity contribution is 0.0925. The SMILES string of the molecule is CC(C)c1ncc(C(=O)N[C@@H]2CC[C@H]3CCC[C@H]32)cn1. The molecule has 3 rings (SSSR count). The van der Waals surface area contributed by atoms with E-state index in [9.17, 15) is 4.79 Å². The van der Waals surface area contributed by atoms with E-state index in [2.05, 4.69) is 15.3 Å². The molecule has 0 aromatic carbocycles. The normalized spacial score (nSPS) is 28.6. The van der Waals surface area contributed by atoms with E-state index in [4.69, 9.17) is 0 Å². The molecule has 0 bridgehead atoms. The third-order valence-electron chi connectivity index (χ3n) is 4.85. The Labute approximate surface area is 120 Å². The summed E-state index contributed by atoms with van der Waals surface area (Å²) in [6, 6.07) is 0.361. The largest absolute Gasteiger partial charge is 0.349 e. The second-order valence-electron chi connectivity index (χ2n) is 6.50. The predicted molar refractivity (Wildman–Crippen MR) is 77.4 cm³/mol. The van der Waals surface area contributed by atoms with Crippen LogP contribution in [0.15, 0.2) is 12.4 Å². The quantitative estimate of drug-likeness (QED) is 0.921. The molecule has 0 unspecified atom stereocenters. The van der Waals surface area contributed by atoms with Gasteiger partial charge >= 0.3 is 0 Å². The van der Waals surface area contributed by atoms with Gasteiger partial charge in [0.1, 0.15) is 5.82 Å². The summed E-state index contributed by atoms with van der Waals surface area (Å²) in [5.74, 6) is 2.62. The second kappa shape index (κ2) is 5.51. The molecule has 1 N–H and O–H groups in total. The van der Waals surface area contributed by atoms with E-state index < -0.39 is 0 Å². The summed E-state index contributed by atoms with van der Waals surface area (Å²) >= 11 is 0. The average Bonchev–Trinajstić information content (AvgIpc) is 3.04. The fraction of sp³-hybridized carbons (Fsp3) is 0.688. The lowest BCUT2D eigenvalue weighted by Gasteiger charge is -2.20. The van der Waals surface area contributed by atoms with Crippen LogP contribution in [0.2, 0.25) is 0 Å². The molecule has 2 saturated carbocycles. The van der Waals surface area contributed by atoms with Crippen molar-refractivity contribution in [2.24, 2.45) is 11.8 Å². The molecule has 2 aliphatic rings. The van der Waals surface area contributed by atoms with E-state index in [0.29, 0.717) is 23.4 Å². The Balaban J connectivity index is 1.64. The minimum atomic E-state index is -0.0159. The van der Waals surface area contributed by atoms with E-state index >= 15 is 0 Å². The van der Waals surface area contributed by atoms with Crippen LogP contribution in [0.25, 0.3) is 0 Å². The first-order valence-electron chi connectivity index (χ1n) is 7.78. The van der Waals surface area contributed by atoms with Gasteiger partial charge in [0, 0.05) is 24.4 Å². The Morgan fingerprint density at radius 1 is 1.20 bits per heavy atom. The lowest BCUT2D eigenvalue weighted by Crippen LogP contribution is -2.37. The van der Waals surface area contributed by atoms with E-state index in [0.717, 1.165) is 18.2 Å². The monoisotopic (exact) mass is 273 g/mol. The molecule has 4 nitrogen and oxygen atoms in total. The highest BCUT2D eigenvalue weighted by atomic mass is 16.1. The Bertz CT molecular complexity index is 483. The Morgan fingerprint density at radius 2 is 1.95 bits per heavy atom. The van der Waals surface area contributed by atoms with Crippen molar-refractivity contribution in [1.82, 2.24) is 15.3 Å². The van der Waals surface area contributed by atoms with Crippen LogP contribution in [-0.2, 0) is 0 Å². The number of carbonyl (C=O) groups excluding carboxylic acids is 1. The van der Waals surface area contributed by atoms with Crippen molar-refractivity contribution in [1.29, 1.82) is 0 Å². The summed E-state index contributed by atoms with van der Waals surface area (Å²) in [4.78, 5) is 20.8. The maximum absolute atomic E-state index is 12.3. The number of hydrogen-bond donors (Lipinski definition) is 1. The summed E-state index contributed by atoms with van der Waals surface area (Å²) in [5.41, 5.74) is 0.579. The fourth-order valence-electron chi connectivity index (χ4n) is 3.75. The molecule has 2 aliphatic carbocycles. The summed E-state index contributed by atoms with van der Waals surface area (Å²) < 4.78 is 0. The molecule has 1 aromatic heterocycles. The second-order valence-corrected chi connectivity index (χ2v) is 6.50. The van der Waals surface area contributed by atoms with Crippen molar-refractivity contribution >= 4 is 5.91 Å². The highest BCUT2D eigenvalue weighted by Crippen LogP contribution is 2.43. The van der Waals surface area contributed by atoms with Gasteiger partial charge in [-0.05, 0) is 31.1 Å². The van der Waals surface area contributed by atoms with Gasteiger partial charge in [0.05, 0.1) is 5.56 Å². The smallest absolute Gasteiger partial charge is 0.254 e. The molecule has 2 fully saturated rings. The summed E-state index contributed by atoms with van der Waals surface area (Å²) in [6.07, 6.45) is 9.66. The highest BCUT2D eigenvalue weighted by molar-refractivity contribution is 5.93. The van der Waals surface area contributed by atoms with Crippen LogP contribution in [0.4, 0.5) is 0 Å². The van der Waals surface area contributed by atoms with Crippen LogP contribution < -0.4 is 5.32 Å². The number of fused-ring (bicyclic) bond motifs is 1. The number of aromatic nitrogens is 2. The minimum absolute atomic E-state index is 0.0159. The summed E-state index contributed by atoms with van der Waals surface area (Å²) in [7, 11) is 0. The zero-order chi connectivity index (χ0) is 14.1. The van der Waals surface area contributed by atoms with E-state index in [-0.39, 0.29) is 5.91 Å². The predicted octanol–water partition coefficient (Wildman–Crippen LogP) is 2.91. The molecule has 0 saturated heterocycles. The zero-order valence-electron chi connectivity index (χ0n) is 12.3. The molecule has 108 valence electrons. The topological polar surface area (TPSA) is 54.9 Å². The number of nitrogens with zero attached hydrogens (tertiary/aromatic N) is 2. The van der Waals surface area contributed by atoms with Crippen LogP contribution in [-0.4, -0.2) is 21.9 Å². The maximum atomic E-state index is 12.3. The number of rotatable bonds is 3. The molecular weight excluding hydrogens is 250 g/mol. The maximum Gasteiger partial charge on any atom is 0.254 e. The molecule has 20 heavy (non-hydrogen) atoms. The number of nitrogens with one attached hydrogen (secondary N) is 1. The lowest BCUT2D eigenvalue weighted by atomic mass is 9.97. The van der Waals surface area contributed by atoms with Crippen LogP contribution >= 0.6 is 0 Å². The first-order chi connectivity index (χ1) is 9.65. The molecule has 0 spiro atoms. The number of carbonyl (C=O) groups is 1. The molecule has 1 heterocycles. The fourth-order valence-corrected chi connectivity index (χ4v) is 3.75. The van der Waals surface area contributed by atoms with Crippen molar-refractivity contribution in [2.75, 3.05) is 0 Å². The summed E-state index contributed by atoms with van der Waals surface area (Å²) in [5, 5.41) is 3.20. The van der Waals surface area contributed by atoms with Gasteiger partial charge in [-0.25, -0.2) is 9.97 Å². The molecule has 1 amide bonds. The standard InChI is InChI=1S/C16H23N3O/c1-10(2)15-17-8-12(9-18-15)16(20)19-14-7-6-11-4-3-5-13(11)14/h8-11,13-14H,3-7H2,1-2H3,(H,19,20)/t11-,13-,14-/m1/s1. The molecule has 1 aromatic rings. The van der Waals surface area contributed by atoms with E-state index in [1.54, 1.807) is 12.4 Å². The van der Waals surface area contributed by atoms with Gasteiger partial charge in [-0.1, -0.05) is 26.7 Å². The Morgan fingerprint density at radius 3 is 2.65 bits per heavy atom. The zero-order valence-corrected chi connectivity index (χ0v) is 12.3. The van der Waals surface area contributed by atoms with Gasteiger partial charge in [-0.2, -0.15) is 0 Å². The van der Waals surface area contributed by atoms with Crippen LogP contribution in [0.3, 0.4) is 0 Å². The van der Waals surface area contributed by atoms with Crippen LogP contribution in [0.5, 0.6) is 0 Å². The number of hydrogen-bond acceptors (Lipinski definition) is 3. The van der Waals surface area contributed by atoms with Crippen molar-refractivity contribution in [2.45, 2.75) is 57.9 Å². The van der Waals surface area contributed by atoms with E-state index in [1.165, 1.54) is 25.7 Å². The Hall–Kier alpha value is -1.45. The summed E-state index contributed by atoms with van der Waals surface area (Å²) in [6.45, 7) is 4.10. The molecule has 0 aliphatic heterocycles. The van der Waals surface area contributed by atoms with Gasteiger partial charge in [0.15, 0.2) is 0 Å². The van der Waals surface area contributed by atoms with Gasteiger partial charge in [0.25, 0.3) is 5.91 Å². The van der Waals surface area contributed by atoms with Gasteiger partial charge in [-0.15, -0.1) is 0 Å². The van der Waals surface area contributed by atoms with Crippen molar-refractivity contribution in [3.05, 3.63) is 23.8 Å². The van der Waals surface area contributed by atoms with Crippen LogP contribution in [0.1, 0.15) is 68.1 Å². The molecule has 3 atom stereocenters. The van der Waals surface area contributed by atoms with Gasteiger partial charge in [-0.3, -0.25) is 4.79 Å². The molecular formula is C16H23N3O. The first-order valence-corrected chi connectivity index (χ1v) is 7.78. The first kappa shape index (κ1) is 13.5. The third-order valence-corrected chi connectivity index (χ3v) is 4.85. The van der Waals surface area contributed by atoms with Crippen molar-refractivity contribution < 1.29 is 4.79 Å². The molecule has 0 radical (unpaired) electrons.